The maximum absolute atomic E-state index is 13.1. The van der Waals surface area contributed by atoms with Crippen LogP contribution in [-0.4, -0.2) is 41.8 Å². The Kier molecular flexibility index (Phi) is 10.2. The minimum absolute atomic E-state index is 0.0567. The average Bonchev–Trinajstić information content (AvgIpc) is 2.85. The summed E-state index contributed by atoms with van der Waals surface area (Å²) in [7, 11) is 0. The highest BCUT2D eigenvalue weighted by Crippen LogP contribution is 2.09. The molecule has 2 aromatic carbocycles. The summed E-state index contributed by atoms with van der Waals surface area (Å²) >= 11 is 0. The van der Waals surface area contributed by atoms with E-state index in [0.717, 1.165) is 0 Å². The van der Waals surface area contributed by atoms with Crippen LogP contribution in [0.25, 0.3) is 0 Å². The molecule has 0 unspecified atom stereocenters. The summed E-state index contributed by atoms with van der Waals surface area (Å²) in [5, 5.41) is 23.8. The molecule has 0 saturated heterocycles. The lowest BCUT2D eigenvalue weighted by molar-refractivity contribution is -0.132. The van der Waals surface area contributed by atoms with Crippen LogP contribution in [0.1, 0.15) is 36.5 Å². The number of hydrogen-bond acceptors (Lipinski definition) is 6. The highest BCUT2D eigenvalue weighted by Gasteiger charge is 2.27. The van der Waals surface area contributed by atoms with E-state index >= 15 is 0 Å². The third kappa shape index (κ3) is 9.17. The number of carbonyl (C=O) groups is 4. The van der Waals surface area contributed by atoms with Crippen LogP contribution in [0, 0.1) is 22.6 Å². The minimum atomic E-state index is -1.11. The SMILES string of the molecule is CC(=O)N[C@@H](Cc1ccc(C#N)cc1)C(=O)N[C@@H](CCC(=O)C=N)C(=O)NCc1ccc(F)cc1. The second-order valence-corrected chi connectivity index (χ2v) is 7.82. The molecule has 0 aliphatic rings. The molecule has 0 heterocycles. The molecule has 0 aliphatic heterocycles. The van der Waals surface area contributed by atoms with Gasteiger partial charge in [0.25, 0.3) is 0 Å². The molecule has 0 aromatic heterocycles. The van der Waals surface area contributed by atoms with Crippen LogP contribution in [0.3, 0.4) is 0 Å². The summed E-state index contributed by atoms with van der Waals surface area (Å²) in [6.07, 6.45) is 0.554. The fourth-order valence-electron chi connectivity index (χ4n) is 3.22. The number of ketones is 1. The van der Waals surface area contributed by atoms with Gasteiger partial charge >= 0.3 is 0 Å². The van der Waals surface area contributed by atoms with Gasteiger partial charge in [-0.15, -0.1) is 0 Å². The van der Waals surface area contributed by atoms with Gasteiger partial charge in [-0.1, -0.05) is 24.3 Å². The predicted molar refractivity (Wildman–Crippen MR) is 126 cm³/mol. The molecule has 0 radical (unpaired) electrons. The quantitative estimate of drug-likeness (QED) is 0.340. The molecular weight excluding hydrogens is 453 g/mol. The first-order chi connectivity index (χ1) is 16.7. The second kappa shape index (κ2) is 13.3. The smallest absolute Gasteiger partial charge is 0.243 e. The fraction of sp³-hybridized carbons (Fsp3) is 0.280. The van der Waals surface area contributed by atoms with Gasteiger partial charge in [-0.3, -0.25) is 19.2 Å². The zero-order chi connectivity index (χ0) is 25.8. The lowest BCUT2D eigenvalue weighted by Crippen LogP contribution is -2.54. The van der Waals surface area contributed by atoms with Crippen molar-refractivity contribution in [2.24, 2.45) is 0 Å². The molecule has 35 heavy (non-hydrogen) atoms. The number of carbonyl (C=O) groups excluding carboxylic acids is 4. The summed E-state index contributed by atoms with van der Waals surface area (Å²) in [4.78, 5) is 49.1. The molecule has 2 aromatic rings. The Morgan fingerprint density at radius 2 is 1.60 bits per heavy atom. The third-order valence-electron chi connectivity index (χ3n) is 5.07. The molecule has 0 saturated carbocycles. The Bertz CT molecular complexity index is 1110. The number of nitriles is 1. The van der Waals surface area contributed by atoms with E-state index in [-0.39, 0.29) is 25.8 Å². The van der Waals surface area contributed by atoms with Crippen molar-refractivity contribution in [3.8, 4) is 6.07 Å². The fourth-order valence-corrected chi connectivity index (χ4v) is 3.22. The first-order valence-electron chi connectivity index (χ1n) is 10.8. The highest BCUT2D eigenvalue weighted by atomic mass is 19.1. The van der Waals surface area contributed by atoms with Crippen molar-refractivity contribution in [3.05, 3.63) is 71.0 Å². The highest BCUT2D eigenvalue weighted by molar-refractivity contribution is 6.26. The molecule has 182 valence electrons. The topological polar surface area (TPSA) is 152 Å². The van der Waals surface area contributed by atoms with E-state index in [9.17, 15) is 23.6 Å². The first-order valence-corrected chi connectivity index (χ1v) is 10.8. The Labute approximate surface area is 202 Å². The Hall–Kier alpha value is -4.39. The number of hydrogen-bond donors (Lipinski definition) is 4. The molecule has 10 heteroatoms. The number of rotatable bonds is 12. The van der Waals surface area contributed by atoms with Gasteiger partial charge < -0.3 is 21.4 Å². The standard InChI is InChI=1S/C25H26FN5O4/c1-16(32)30-23(12-17-2-4-18(13-27)5-3-17)25(35)31-22(11-10-21(33)14-28)24(34)29-15-19-6-8-20(26)9-7-19/h2-9,14,22-23,28H,10-12,15H2,1H3,(H,29,34)(H,30,32)(H,31,35)/t22-,23-/m0/s1. The van der Waals surface area contributed by atoms with E-state index in [4.69, 9.17) is 10.7 Å². The van der Waals surface area contributed by atoms with E-state index in [1.165, 1.54) is 31.2 Å². The van der Waals surface area contributed by atoms with Crippen LogP contribution < -0.4 is 16.0 Å². The molecule has 0 bridgehead atoms. The zero-order valence-electron chi connectivity index (χ0n) is 19.1. The van der Waals surface area contributed by atoms with Crippen molar-refractivity contribution in [1.29, 1.82) is 10.7 Å². The van der Waals surface area contributed by atoms with Gasteiger partial charge in [0.05, 0.1) is 17.8 Å². The van der Waals surface area contributed by atoms with Crippen LogP contribution >= 0.6 is 0 Å². The van der Waals surface area contributed by atoms with Crippen LogP contribution in [0.5, 0.6) is 0 Å². The van der Waals surface area contributed by atoms with Gasteiger partial charge in [-0.2, -0.15) is 5.26 Å². The number of Topliss-reactive ketones (excluding diaryl/α,β-unsaturated/α-hetero) is 1. The van der Waals surface area contributed by atoms with Crippen molar-refractivity contribution in [3.63, 3.8) is 0 Å². The van der Waals surface area contributed by atoms with E-state index in [2.05, 4.69) is 16.0 Å². The van der Waals surface area contributed by atoms with E-state index < -0.39 is 41.4 Å². The monoisotopic (exact) mass is 479 g/mol. The summed E-state index contributed by atoms with van der Waals surface area (Å²) in [5.41, 5.74) is 1.77. The largest absolute Gasteiger partial charge is 0.350 e. The molecular formula is C25H26FN5O4. The van der Waals surface area contributed by atoms with Gasteiger partial charge in [0.2, 0.25) is 17.7 Å². The van der Waals surface area contributed by atoms with Gasteiger partial charge in [-0.25, -0.2) is 4.39 Å². The first kappa shape index (κ1) is 26.9. The zero-order valence-corrected chi connectivity index (χ0v) is 19.1. The van der Waals surface area contributed by atoms with Crippen LogP contribution in [0.2, 0.25) is 0 Å². The maximum atomic E-state index is 13.1. The number of benzene rings is 2. The summed E-state index contributed by atoms with van der Waals surface area (Å²) in [5.74, 6) is -2.57. The van der Waals surface area contributed by atoms with Gasteiger partial charge in [0, 0.05) is 26.3 Å². The van der Waals surface area contributed by atoms with Crippen LogP contribution in [-0.2, 0) is 32.1 Å². The average molecular weight is 480 g/mol. The van der Waals surface area contributed by atoms with Crippen molar-refractivity contribution in [1.82, 2.24) is 16.0 Å². The van der Waals surface area contributed by atoms with Crippen molar-refractivity contribution in [2.75, 3.05) is 0 Å². The normalized spacial score (nSPS) is 11.9. The number of nitrogens with zero attached hydrogens (tertiary/aromatic N) is 1. The third-order valence-corrected chi connectivity index (χ3v) is 5.07. The van der Waals surface area contributed by atoms with Gasteiger partial charge in [0.1, 0.15) is 17.9 Å². The summed E-state index contributed by atoms with van der Waals surface area (Å²) < 4.78 is 13.1. The number of nitrogens with one attached hydrogen (secondary N) is 4. The maximum Gasteiger partial charge on any atom is 0.243 e. The van der Waals surface area contributed by atoms with Crippen LogP contribution in [0.4, 0.5) is 4.39 Å². The Morgan fingerprint density at radius 3 is 2.17 bits per heavy atom. The molecule has 0 fully saturated rings. The Balaban J connectivity index is 2.13. The van der Waals surface area contributed by atoms with Crippen molar-refractivity contribution < 1.29 is 23.6 Å². The molecule has 9 nitrogen and oxygen atoms in total. The van der Waals surface area contributed by atoms with E-state index in [1.54, 1.807) is 24.3 Å². The molecule has 2 atom stereocenters. The second-order valence-electron chi connectivity index (χ2n) is 7.82. The van der Waals surface area contributed by atoms with E-state index in [1.807, 2.05) is 6.07 Å². The summed E-state index contributed by atoms with van der Waals surface area (Å²) in [6.45, 7) is 1.33. The van der Waals surface area contributed by atoms with Crippen LogP contribution in [0.15, 0.2) is 48.5 Å². The number of amides is 3. The van der Waals surface area contributed by atoms with E-state index in [0.29, 0.717) is 22.9 Å². The summed E-state index contributed by atoms with van der Waals surface area (Å²) in [6, 6.07) is 11.9. The van der Waals surface area contributed by atoms with Crippen molar-refractivity contribution in [2.45, 2.75) is 44.8 Å². The van der Waals surface area contributed by atoms with Gasteiger partial charge in [0.15, 0.2) is 5.78 Å². The number of halogens is 1. The van der Waals surface area contributed by atoms with Crippen molar-refractivity contribution >= 4 is 29.7 Å². The molecule has 0 aliphatic carbocycles. The lowest BCUT2D eigenvalue weighted by atomic mass is 10.0. The van der Waals surface area contributed by atoms with Gasteiger partial charge in [-0.05, 0) is 41.8 Å². The molecule has 3 amide bonds. The minimum Gasteiger partial charge on any atom is -0.350 e. The Morgan fingerprint density at radius 1 is 0.971 bits per heavy atom. The molecule has 4 N–H and O–H groups in total. The molecule has 0 spiro atoms. The lowest BCUT2D eigenvalue weighted by Gasteiger charge is -2.23. The molecule has 2 rings (SSSR count). The predicted octanol–water partition coefficient (Wildman–Crippen LogP) is 1.54.